The van der Waals surface area contributed by atoms with E-state index in [1.54, 1.807) is 11.3 Å². The first-order chi connectivity index (χ1) is 11.9. The molecule has 1 aromatic heterocycles. The molecule has 2 heterocycles. The van der Waals surface area contributed by atoms with Gasteiger partial charge in [0, 0.05) is 50.7 Å². The van der Waals surface area contributed by atoms with Crippen LogP contribution in [0.5, 0.6) is 0 Å². The van der Waals surface area contributed by atoms with Crippen molar-refractivity contribution in [3.05, 3.63) is 21.3 Å². The molecule has 0 aromatic carbocycles. The fraction of sp³-hybridized carbons (Fsp3) is 0.667. The predicted molar refractivity (Wildman–Crippen MR) is 120 cm³/mol. The Hall–Kier alpha value is -0.140. The van der Waals surface area contributed by atoms with Crippen LogP contribution in [0.2, 0.25) is 4.34 Å². The Kier molecular flexibility index (Phi) is 10.7. The highest BCUT2D eigenvalue weighted by atomic mass is 127. The molecule has 1 fully saturated rings. The van der Waals surface area contributed by atoms with Crippen molar-refractivity contribution in [2.75, 3.05) is 52.1 Å². The lowest BCUT2D eigenvalue weighted by Gasteiger charge is -2.36. The first-order valence-electron chi connectivity index (χ1n) is 8.32. The second-order valence-electron chi connectivity index (χ2n) is 5.87. The van der Waals surface area contributed by atoms with Gasteiger partial charge < -0.3 is 10.2 Å². The molecular weight excluding hydrogens is 509 g/mol. The molecule has 1 aromatic rings. The zero-order valence-corrected chi connectivity index (χ0v) is 19.8. The minimum Gasteiger partial charge on any atom is -0.357 e. The first kappa shape index (κ1) is 23.9. The topological polar surface area (TPSA) is 77.0 Å². The van der Waals surface area contributed by atoms with Crippen molar-refractivity contribution >= 4 is 62.9 Å². The third-order valence-electron chi connectivity index (χ3n) is 3.75. The molecule has 2 rings (SSSR count). The lowest BCUT2D eigenvalue weighted by Crippen LogP contribution is -2.52. The van der Waals surface area contributed by atoms with E-state index in [1.165, 1.54) is 4.88 Å². The van der Waals surface area contributed by atoms with Crippen molar-refractivity contribution in [2.24, 2.45) is 4.99 Å². The lowest BCUT2D eigenvalue weighted by molar-refractivity contribution is 0.173. The Morgan fingerprint density at radius 1 is 1.31 bits per heavy atom. The minimum atomic E-state index is -3.16. The van der Waals surface area contributed by atoms with Gasteiger partial charge >= 0.3 is 0 Å². The Labute approximate surface area is 182 Å². The third-order valence-corrected chi connectivity index (χ3v) is 5.70. The van der Waals surface area contributed by atoms with E-state index in [0.717, 1.165) is 55.8 Å². The molecule has 1 aliphatic rings. The molecule has 7 nitrogen and oxygen atoms in total. The Bertz CT molecular complexity index is 675. The number of hydrogen-bond donors (Lipinski definition) is 2. The van der Waals surface area contributed by atoms with Gasteiger partial charge in [0.05, 0.1) is 17.1 Å². The van der Waals surface area contributed by atoms with Crippen LogP contribution in [0.3, 0.4) is 0 Å². The Morgan fingerprint density at radius 2 is 2.00 bits per heavy atom. The van der Waals surface area contributed by atoms with E-state index >= 15 is 0 Å². The molecule has 0 atom stereocenters. The highest BCUT2D eigenvalue weighted by Gasteiger charge is 2.20. The molecular formula is C15H27ClIN5O2S2. The number of hydrogen-bond acceptors (Lipinski definition) is 5. The quantitative estimate of drug-likeness (QED) is 0.240. The molecule has 0 spiro atoms. The maximum absolute atomic E-state index is 11.1. The molecule has 1 saturated heterocycles. The number of piperazine rings is 1. The van der Waals surface area contributed by atoms with E-state index in [4.69, 9.17) is 11.6 Å². The lowest BCUT2D eigenvalue weighted by atomic mass is 10.3. The molecule has 0 bridgehead atoms. The smallest absolute Gasteiger partial charge is 0.208 e. The van der Waals surface area contributed by atoms with E-state index < -0.39 is 10.0 Å². The maximum atomic E-state index is 11.1. The number of nitrogens with one attached hydrogen (secondary N) is 2. The van der Waals surface area contributed by atoms with Gasteiger partial charge in [-0.2, -0.15) is 0 Å². The van der Waals surface area contributed by atoms with Gasteiger partial charge in [-0.25, -0.2) is 13.1 Å². The van der Waals surface area contributed by atoms with Crippen LogP contribution in [0.25, 0.3) is 0 Å². The molecule has 1 aliphatic heterocycles. The number of sulfonamides is 1. The fourth-order valence-electron chi connectivity index (χ4n) is 2.59. The summed E-state index contributed by atoms with van der Waals surface area (Å²) in [5, 5.41) is 3.28. The molecule has 0 amide bonds. The van der Waals surface area contributed by atoms with Gasteiger partial charge in [-0.05, 0) is 19.1 Å². The van der Waals surface area contributed by atoms with Crippen molar-refractivity contribution in [3.8, 4) is 0 Å². The van der Waals surface area contributed by atoms with Crippen molar-refractivity contribution < 1.29 is 8.42 Å². The zero-order chi connectivity index (χ0) is 18.3. The largest absolute Gasteiger partial charge is 0.357 e. The van der Waals surface area contributed by atoms with E-state index in [-0.39, 0.29) is 24.0 Å². The summed E-state index contributed by atoms with van der Waals surface area (Å²) >= 11 is 7.62. The van der Waals surface area contributed by atoms with Gasteiger partial charge in [0.25, 0.3) is 0 Å². The zero-order valence-electron chi connectivity index (χ0n) is 15.1. The Morgan fingerprint density at radius 3 is 2.54 bits per heavy atom. The van der Waals surface area contributed by atoms with Crippen molar-refractivity contribution in [2.45, 2.75) is 13.5 Å². The molecule has 0 saturated carbocycles. The third kappa shape index (κ3) is 8.70. The second-order valence-corrected chi connectivity index (χ2v) is 9.50. The number of nitrogens with zero attached hydrogens (tertiary/aromatic N) is 3. The van der Waals surface area contributed by atoms with Gasteiger partial charge in [-0.1, -0.05) is 11.6 Å². The van der Waals surface area contributed by atoms with Crippen LogP contribution in [-0.4, -0.2) is 76.2 Å². The summed E-state index contributed by atoms with van der Waals surface area (Å²) in [6.07, 6.45) is 1.15. The van der Waals surface area contributed by atoms with Gasteiger partial charge in [-0.3, -0.25) is 9.89 Å². The van der Waals surface area contributed by atoms with Crippen LogP contribution in [-0.2, 0) is 16.6 Å². The average molecular weight is 536 g/mol. The van der Waals surface area contributed by atoms with Crippen LogP contribution in [0, 0.1) is 0 Å². The van der Waals surface area contributed by atoms with Crippen molar-refractivity contribution in [1.82, 2.24) is 19.8 Å². The summed E-state index contributed by atoms with van der Waals surface area (Å²) in [6, 6.07) is 4.03. The van der Waals surface area contributed by atoms with E-state index in [1.807, 2.05) is 13.0 Å². The van der Waals surface area contributed by atoms with Gasteiger partial charge in [0.1, 0.15) is 0 Å². The molecule has 150 valence electrons. The van der Waals surface area contributed by atoms with Crippen LogP contribution < -0.4 is 10.0 Å². The van der Waals surface area contributed by atoms with E-state index in [2.05, 4.69) is 30.9 Å². The molecule has 0 unspecified atom stereocenters. The number of thiophene rings is 1. The maximum Gasteiger partial charge on any atom is 0.208 e. The van der Waals surface area contributed by atoms with Crippen LogP contribution in [0.1, 0.15) is 11.8 Å². The standard InChI is InChI=1S/C15H26ClN5O2S2.HI/c1-3-17-15(18-6-7-19-25(2,22)23)21-10-8-20(9-11-21)12-13-4-5-14(16)24-13;/h4-5,19H,3,6-12H2,1-2H3,(H,17,18);1H. The summed E-state index contributed by atoms with van der Waals surface area (Å²) in [7, 11) is -3.16. The summed E-state index contributed by atoms with van der Waals surface area (Å²) in [5.41, 5.74) is 0. The van der Waals surface area contributed by atoms with Crippen LogP contribution in [0.4, 0.5) is 0 Å². The molecule has 11 heteroatoms. The van der Waals surface area contributed by atoms with Gasteiger partial charge in [0.15, 0.2) is 5.96 Å². The van der Waals surface area contributed by atoms with E-state index in [9.17, 15) is 8.42 Å². The number of guanidine groups is 1. The summed E-state index contributed by atoms with van der Waals surface area (Å²) in [6.45, 7) is 8.18. The highest BCUT2D eigenvalue weighted by molar-refractivity contribution is 14.0. The van der Waals surface area contributed by atoms with Crippen LogP contribution >= 0.6 is 46.9 Å². The van der Waals surface area contributed by atoms with Gasteiger partial charge in [0.2, 0.25) is 10.0 Å². The molecule has 26 heavy (non-hydrogen) atoms. The van der Waals surface area contributed by atoms with Crippen molar-refractivity contribution in [1.29, 1.82) is 0 Å². The predicted octanol–water partition coefficient (Wildman–Crippen LogP) is 1.65. The monoisotopic (exact) mass is 535 g/mol. The van der Waals surface area contributed by atoms with Crippen molar-refractivity contribution in [3.63, 3.8) is 0 Å². The number of aliphatic imine (C=N–C) groups is 1. The van der Waals surface area contributed by atoms with Crippen LogP contribution in [0.15, 0.2) is 17.1 Å². The summed E-state index contributed by atoms with van der Waals surface area (Å²) in [4.78, 5) is 10.4. The molecule has 0 aliphatic carbocycles. The molecule has 2 N–H and O–H groups in total. The molecule has 0 radical (unpaired) electrons. The summed E-state index contributed by atoms with van der Waals surface area (Å²) < 4.78 is 25.5. The van der Waals surface area contributed by atoms with Gasteiger partial charge in [-0.15, -0.1) is 35.3 Å². The normalized spacial score (nSPS) is 16.4. The SMILES string of the molecule is CCNC(=NCCNS(C)(=O)=O)N1CCN(Cc2ccc(Cl)s2)CC1.I. The number of rotatable bonds is 7. The summed E-state index contributed by atoms with van der Waals surface area (Å²) in [5.74, 6) is 0.844. The number of halogens is 2. The fourth-order valence-corrected chi connectivity index (χ4v) is 4.19. The second kappa shape index (κ2) is 11.6. The first-order valence-corrected chi connectivity index (χ1v) is 11.4. The Balaban J connectivity index is 0.00000338. The highest BCUT2D eigenvalue weighted by Crippen LogP contribution is 2.23. The minimum absolute atomic E-state index is 0. The average Bonchev–Trinajstić information content (AvgIpc) is 2.95. The van der Waals surface area contributed by atoms with E-state index in [0.29, 0.717) is 13.1 Å².